The molecule has 104 valence electrons. The summed E-state index contributed by atoms with van der Waals surface area (Å²) in [5.41, 5.74) is 6.50. The number of hydrogen-bond donors (Lipinski definition) is 0. The third-order valence-electron chi connectivity index (χ3n) is 4.29. The Bertz CT molecular complexity index is 460. The molecule has 0 saturated heterocycles. The molecule has 2 atom stereocenters. The minimum absolute atomic E-state index is 0.576. The molecule has 0 spiro atoms. The van der Waals surface area contributed by atoms with Crippen LogP contribution in [0.25, 0.3) is 0 Å². The van der Waals surface area contributed by atoms with Gasteiger partial charge in [-0.2, -0.15) is 0 Å². The fraction of sp³-hybridized carbons (Fsp3) is 0.500. The van der Waals surface area contributed by atoms with Gasteiger partial charge in [0.05, 0.1) is 5.70 Å². The standard InChI is InChI=1S/C18H27N/c1-8-15(5)19-11-14(4)17(7)18-10-12(2)9-13(3)16(18)6/h8,11-12,18H,1,5,9-10H2,2-4,6-7H3/b17-14+,19-11-. The van der Waals surface area contributed by atoms with Crippen LogP contribution in [0.5, 0.6) is 0 Å². The Morgan fingerprint density at radius 3 is 2.53 bits per heavy atom. The molecule has 0 N–H and O–H groups in total. The molecule has 0 aliphatic heterocycles. The second kappa shape index (κ2) is 6.70. The van der Waals surface area contributed by atoms with Crippen molar-refractivity contribution >= 4 is 6.21 Å². The van der Waals surface area contributed by atoms with Crippen LogP contribution >= 0.6 is 0 Å². The van der Waals surface area contributed by atoms with E-state index in [2.05, 4.69) is 52.8 Å². The number of nitrogens with zero attached hydrogens (tertiary/aromatic N) is 1. The summed E-state index contributed by atoms with van der Waals surface area (Å²) in [6.07, 6.45) is 6.09. The smallest absolute Gasteiger partial charge is 0.0552 e. The van der Waals surface area contributed by atoms with Crippen LogP contribution in [-0.2, 0) is 0 Å². The zero-order valence-electron chi connectivity index (χ0n) is 13.1. The first-order valence-corrected chi connectivity index (χ1v) is 7.05. The van der Waals surface area contributed by atoms with Crippen LogP contribution < -0.4 is 0 Å². The lowest BCUT2D eigenvalue weighted by molar-refractivity contribution is 0.428. The number of rotatable bonds is 4. The lowest BCUT2D eigenvalue weighted by Crippen LogP contribution is -2.17. The van der Waals surface area contributed by atoms with Gasteiger partial charge >= 0.3 is 0 Å². The average Bonchev–Trinajstić information content (AvgIpc) is 2.38. The van der Waals surface area contributed by atoms with Gasteiger partial charge in [-0.15, -0.1) is 0 Å². The number of hydrogen-bond acceptors (Lipinski definition) is 1. The van der Waals surface area contributed by atoms with Crippen molar-refractivity contribution < 1.29 is 0 Å². The Kier molecular flexibility index (Phi) is 5.53. The van der Waals surface area contributed by atoms with Gasteiger partial charge in [0.1, 0.15) is 0 Å². The second-order valence-electron chi connectivity index (χ2n) is 5.88. The molecule has 0 aromatic carbocycles. The van der Waals surface area contributed by atoms with Gasteiger partial charge in [0.15, 0.2) is 0 Å². The van der Waals surface area contributed by atoms with Crippen LogP contribution in [0, 0.1) is 11.8 Å². The molecule has 1 nitrogen and oxygen atoms in total. The van der Waals surface area contributed by atoms with Crippen LogP contribution in [0.4, 0.5) is 0 Å². The van der Waals surface area contributed by atoms with Crippen molar-refractivity contribution in [2.75, 3.05) is 0 Å². The summed E-state index contributed by atoms with van der Waals surface area (Å²) < 4.78 is 0. The highest BCUT2D eigenvalue weighted by atomic mass is 14.7. The van der Waals surface area contributed by atoms with Crippen molar-refractivity contribution in [1.29, 1.82) is 0 Å². The van der Waals surface area contributed by atoms with E-state index in [0.717, 1.165) is 5.92 Å². The summed E-state index contributed by atoms with van der Waals surface area (Å²) in [6, 6.07) is 0. The van der Waals surface area contributed by atoms with Crippen molar-refractivity contribution in [2.45, 2.75) is 47.5 Å². The zero-order chi connectivity index (χ0) is 14.6. The molecule has 0 saturated carbocycles. The maximum absolute atomic E-state index is 4.31. The quantitative estimate of drug-likeness (QED) is 0.359. The van der Waals surface area contributed by atoms with E-state index in [0.29, 0.717) is 11.6 Å². The Labute approximate surface area is 118 Å². The molecular weight excluding hydrogens is 230 g/mol. The van der Waals surface area contributed by atoms with Gasteiger partial charge in [-0.05, 0) is 58.1 Å². The molecule has 0 radical (unpaired) electrons. The Morgan fingerprint density at radius 1 is 1.32 bits per heavy atom. The summed E-state index contributed by atoms with van der Waals surface area (Å²) >= 11 is 0. The summed E-state index contributed by atoms with van der Waals surface area (Å²) in [7, 11) is 0. The molecule has 0 fully saturated rings. The summed E-state index contributed by atoms with van der Waals surface area (Å²) in [5, 5.41) is 0. The van der Waals surface area contributed by atoms with E-state index < -0.39 is 0 Å². The predicted molar refractivity (Wildman–Crippen MR) is 86.5 cm³/mol. The van der Waals surface area contributed by atoms with E-state index in [1.807, 2.05) is 6.21 Å². The van der Waals surface area contributed by atoms with E-state index in [4.69, 9.17) is 0 Å². The fourth-order valence-electron chi connectivity index (χ4n) is 2.75. The fourth-order valence-corrected chi connectivity index (χ4v) is 2.75. The van der Waals surface area contributed by atoms with Crippen molar-refractivity contribution in [3.63, 3.8) is 0 Å². The molecule has 2 unspecified atom stereocenters. The second-order valence-corrected chi connectivity index (χ2v) is 5.88. The minimum atomic E-state index is 0.576. The third-order valence-corrected chi connectivity index (χ3v) is 4.29. The van der Waals surface area contributed by atoms with E-state index in [1.54, 1.807) is 17.2 Å². The lowest BCUT2D eigenvalue weighted by atomic mass is 9.74. The van der Waals surface area contributed by atoms with Crippen LogP contribution in [0.2, 0.25) is 0 Å². The highest BCUT2D eigenvalue weighted by Gasteiger charge is 2.24. The first kappa shape index (κ1) is 15.7. The molecular formula is C18H27N. The monoisotopic (exact) mass is 257 g/mol. The van der Waals surface area contributed by atoms with Gasteiger partial charge in [-0.25, -0.2) is 0 Å². The normalized spacial score (nSPS) is 25.5. The number of aliphatic imine (C=N–C) groups is 1. The molecule has 1 rings (SSSR count). The van der Waals surface area contributed by atoms with Gasteiger partial charge in [-0.1, -0.05) is 36.8 Å². The lowest BCUT2D eigenvalue weighted by Gasteiger charge is -2.31. The Morgan fingerprint density at radius 2 is 1.95 bits per heavy atom. The third kappa shape index (κ3) is 4.05. The zero-order valence-corrected chi connectivity index (χ0v) is 13.1. The predicted octanol–water partition coefficient (Wildman–Crippen LogP) is 5.48. The molecule has 0 amide bonds. The highest BCUT2D eigenvalue weighted by Crippen LogP contribution is 2.38. The van der Waals surface area contributed by atoms with E-state index in [9.17, 15) is 0 Å². The van der Waals surface area contributed by atoms with Gasteiger partial charge in [0.25, 0.3) is 0 Å². The largest absolute Gasteiger partial charge is 0.257 e. The molecule has 0 heterocycles. The van der Waals surface area contributed by atoms with Gasteiger partial charge in [0, 0.05) is 12.1 Å². The van der Waals surface area contributed by atoms with Crippen LogP contribution in [0.15, 0.2) is 52.2 Å². The molecule has 0 aromatic rings. The first-order valence-electron chi connectivity index (χ1n) is 7.05. The van der Waals surface area contributed by atoms with Gasteiger partial charge in [0.2, 0.25) is 0 Å². The van der Waals surface area contributed by atoms with E-state index in [1.165, 1.54) is 24.0 Å². The highest BCUT2D eigenvalue weighted by molar-refractivity contribution is 5.80. The Hall–Kier alpha value is -1.37. The van der Waals surface area contributed by atoms with Gasteiger partial charge in [-0.3, -0.25) is 4.99 Å². The van der Waals surface area contributed by atoms with Crippen molar-refractivity contribution in [3.8, 4) is 0 Å². The molecule has 1 aliphatic rings. The van der Waals surface area contributed by atoms with Gasteiger partial charge < -0.3 is 0 Å². The van der Waals surface area contributed by atoms with Crippen molar-refractivity contribution in [1.82, 2.24) is 0 Å². The van der Waals surface area contributed by atoms with E-state index in [-0.39, 0.29) is 0 Å². The molecule has 0 bridgehead atoms. The van der Waals surface area contributed by atoms with Crippen molar-refractivity contribution in [2.24, 2.45) is 16.8 Å². The maximum Gasteiger partial charge on any atom is 0.0552 e. The minimum Gasteiger partial charge on any atom is -0.257 e. The first-order chi connectivity index (χ1) is 8.86. The summed E-state index contributed by atoms with van der Waals surface area (Å²) in [6.45, 7) is 18.7. The Balaban J connectivity index is 3.00. The molecule has 19 heavy (non-hydrogen) atoms. The van der Waals surface area contributed by atoms with E-state index >= 15 is 0 Å². The topological polar surface area (TPSA) is 12.4 Å². The maximum atomic E-state index is 4.31. The summed E-state index contributed by atoms with van der Waals surface area (Å²) in [4.78, 5) is 4.31. The van der Waals surface area contributed by atoms with Crippen molar-refractivity contribution in [3.05, 3.63) is 47.2 Å². The SMILES string of the molecule is C=CC(=C)/N=C\C(C)=C(/C)C1CC(C)CC(C)=C1C. The van der Waals surface area contributed by atoms with Crippen LogP contribution in [0.3, 0.4) is 0 Å². The number of allylic oxidation sites excluding steroid dienone is 5. The van der Waals surface area contributed by atoms with Crippen LogP contribution in [-0.4, -0.2) is 6.21 Å². The molecule has 0 aromatic heterocycles. The van der Waals surface area contributed by atoms with Crippen LogP contribution in [0.1, 0.15) is 47.5 Å². The molecule has 1 aliphatic carbocycles. The molecule has 1 heteroatoms. The summed E-state index contributed by atoms with van der Waals surface area (Å²) in [5.74, 6) is 1.35. The average molecular weight is 257 g/mol.